The number of hydrogen-bond donors (Lipinski definition) is 1. The normalized spacial score (nSPS) is 11.3. The Morgan fingerprint density at radius 3 is 2.72 bits per heavy atom. The van der Waals surface area contributed by atoms with Crippen molar-refractivity contribution in [2.45, 2.75) is 0 Å². The lowest BCUT2D eigenvalue weighted by atomic mass is 10.1. The summed E-state index contributed by atoms with van der Waals surface area (Å²) in [5.41, 5.74) is 1.74. The number of ether oxygens (including phenoxy) is 1. The molecular weight excluding hydrogens is 396 g/mol. The van der Waals surface area contributed by atoms with Gasteiger partial charge in [0.1, 0.15) is 17.3 Å². The van der Waals surface area contributed by atoms with Gasteiger partial charge in [-0.3, -0.25) is 9.20 Å². The maximum atomic E-state index is 13.8. The van der Waals surface area contributed by atoms with Crippen molar-refractivity contribution in [3.05, 3.63) is 77.3 Å². The smallest absolute Gasteiger partial charge is 0.249 e. The van der Waals surface area contributed by atoms with Crippen molar-refractivity contribution in [3.63, 3.8) is 0 Å². The van der Waals surface area contributed by atoms with E-state index in [1.807, 2.05) is 5.38 Å². The number of fused-ring (bicyclic) bond motifs is 1. The molecule has 2 aromatic carbocycles. The van der Waals surface area contributed by atoms with Gasteiger partial charge in [-0.1, -0.05) is 6.07 Å². The molecule has 0 saturated carbocycles. The molecule has 4 rings (SSSR count). The molecule has 0 atom stereocenters. The number of benzene rings is 2. The molecule has 0 aliphatic rings. The predicted octanol–water partition coefficient (Wildman–Crippen LogP) is 5.00. The Kier molecular flexibility index (Phi) is 5.09. The summed E-state index contributed by atoms with van der Waals surface area (Å²) in [6.07, 6.45) is 4.60. The average Bonchev–Trinajstić information content (AvgIpc) is 3.30. The van der Waals surface area contributed by atoms with E-state index in [9.17, 15) is 13.6 Å². The summed E-state index contributed by atoms with van der Waals surface area (Å²) < 4.78 is 33.7. The molecule has 0 fully saturated rings. The average molecular weight is 411 g/mol. The Morgan fingerprint density at radius 2 is 2.00 bits per heavy atom. The number of amides is 1. The van der Waals surface area contributed by atoms with Gasteiger partial charge in [-0.2, -0.15) is 0 Å². The lowest BCUT2D eigenvalue weighted by molar-refractivity contribution is -0.111. The summed E-state index contributed by atoms with van der Waals surface area (Å²) in [6, 6.07) is 10.3. The summed E-state index contributed by atoms with van der Waals surface area (Å²) in [5, 5.41) is 4.66. The van der Waals surface area contributed by atoms with Crippen LogP contribution in [0.2, 0.25) is 0 Å². The highest BCUT2D eigenvalue weighted by molar-refractivity contribution is 7.15. The molecule has 0 bridgehead atoms. The topological polar surface area (TPSA) is 55.6 Å². The van der Waals surface area contributed by atoms with E-state index < -0.39 is 11.7 Å². The van der Waals surface area contributed by atoms with Gasteiger partial charge in [0, 0.05) is 23.2 Å². The molecule has 0 unspecified atom stereocenters. The molecule has 146 valence electrons. The Morgan fingerprint density at radius 1 is 1.21 bits per heavy atom. The fourth-order valence-electron chi connectivity index (χ4n) is 2.83. The van der Waals surface area contributed by atoms with Gasteiger partial charge in [0.15, 0.2) is 16.5 Å². The SMILES string of the molecule is COc1ccc(/C=C/C(=O)Nc2c(-c3ccc(F)cc3)nc3sccn23)cc1F. The van der Waals surface area contributed by atoms with Crippen molar-refractivity contribution in [1.29, 1.82) is 0 Å². The molecule has 0 radical (unpaired) electrons. The minimum absolute atomic E-state index is 0.134. The number of hydrogen-bond acceptors (Lipinski definition) is 4. The van der Waals surface area contributed by atoms with Crippen LogP contribution >= 0.6 is 11.3 Å². The van der Waals surface area contributed by atoms with E-state index in [1.165, 1.54) is 54.9 Å². The second kappa shape index (κ2) is 7.84. The Bertz CT molecular complexity index is 1210. The van der Waals surface area contributed by atoms with E-state index in [2.05, 4.69) is 10.3 Å². The van der Waals surface area contributed by atoms with Crippen LogP contribution in [-0.2, 0) is 4.79 Å². The van der Waals surface area contributed by atoms with E-state index in [4.69, 9.17) is 4.74 Å². The number of halogens is 2. The van der Waals surface area contributed by atoms with E-state index in [1.54, 1.807) is 28.8 Å². The first-order valence-corrected chi connectivity index (χ1v) is 9.47. The van der Waals surface area contributed by atoms with Crippen LogP contribution in [0, 0.1) is 11.6 Å². The zero-order valence-corrected chi connectivity index (χ0v) is 16.0. The quantitative estimate of drug-likeness (QED) is 0.470. The molecule has 1 N–H and O–H groups in total. The van der Waals surface area contributed by atoms with E-state index in [0.29, 0.717) is 27.6 Å². The predicted molar refractivity (Wildman–Crippen MR) is 109 cm³/mol. The minimum Gasteiger partial charge on any atom is -0.494 e. The number of imidazole rings is 1. The van der Waals surface area contributed by atoms with Gasteiger partial charge in [0.25, 0.3) is 0 Å². The molecule has 8 heteroatoms. The second-order valence-corrected chi connectivity index (χ2v) is 6.96. The van der Waals surface area contributed by atoms with Crippen LogP contribution in [0.5, 0.6) is 5.75 Å². The van der Waals surface area contributed by atoms with Crippen LogP contribution in [-0.4, -0.2) is 22.4 Å². The zero-order valence-electron chi connectivity index (χ0n) is 15.2. The molecule has 0 aliphatic heterocycles. The molecule has 0 aliphatic carbocycles. The molecule has 29 heavy (non-hydrogen) atoms. The van der Waals surface area contributed by atoms with Crippen molar-refractivity contribution < 1.29 is 18.3 Å². The molecule has 1 amide bonds. The fraction of sp³-hybridized carbons (Fsp3) is 0.0476. The van der Waals surface area contributed by atoms with Crippen molar-refractivity contribution in [2.24, 2.45) is 0 Å². The Balaban J connectivity index is 1.61. The molecule has 0 saturated heterocycles. The van der Waals surface area contributed by atoms with Crippen molar-refractivity contribution in [3.8, 4) is 17.0 Å². The summed E-state index contributed by atoms with van der Waals surface area (Å²) in [6.45, 7) is 0. The Labute approximate surface area is 168 Å². The number of anilines is 1. The van der Waals surface area contributed by atoms with Crippen molar-refractivity contribution >= 4 is 34.1 Å². The highest BCUT2D eigenvalue weighted by Gasteiger charge is 2.16. The van der Waals surface area contributed by atoms with Crippen LogP contribution in [0.15, 0.2) is 60.1 Å². The first-order valence-electron chi connectivity index (χ1n) is 8.59. The largest absolute Gasteiger partial charge is 0.494 e. The third kappa shape index (κ3) is 3.88. The minimum atomic E-state index is -0.510. The van der Waals surface area contributed by atoms with Gasteiger partial charge >= 0.3 is 0 Å². The number of aromatic nitrogens is 2. The fourth-order valence-corrected chi connectivity index (χ4v) is 3.54. The van der Waals surface area contributed by atoms with Crippen molar-refractivity contribution in [2.75, 3.05) is 12.4 Å². The summed E-state index contributed by atoms with van der Waals surface area (Å²) in [5.74, 6) is -0.657. The molecule has 4 aromatic rings. The van der Waals surface area contributed by atoms with Crippen LogP contribution in [0.3, 0.4) is 0 Å². The standard InChI is InChI=1S/C21H15F2N3O2S/c1-28-17-8-2-13(12-16(17)23)3-9-18(27)24-20-19(14-4-6-15(22)7-5-14)25-21-26(20)10-11-29-21/h2-12H,1H3,(H,24,27)/b9-3+. The molecule has 0 spiro atoms. The number of carbonyl (C=O) groups is 1. The third-order valence-corrected chi connectivity index (χ3v) is 4.98. The lowest BCUT2D eigenvalue weighted by Gasteiger charge is -2.05. The highest BCUT2D eigenvalue weighted by Crippen LogP contribution is 2.31. The van der Waals surface area contributed by atoms with E-state index >= 15 is 0 Å². The van der Waals surface area contributed by atoms with E-state index in [0.717, 1.165) is 0 Å². The summed E-state index contributed by atoms with van der Waals surface area (Å²) >= 11 is 1.42. The van der Waals surface area contributed by atoms with Crippen LogP contribution < -0.4 is 10.1 Å². The van der Waals surface area contributed by atoms with E-state index in [-0.39, 0.29) is 11.6 Å². The molecular formula is C21H15F2N3O2S. The van der Waals surface area contributed by atoms with Crippen molar-refractivity contribution in [1.82, 2.24) is 9.38 Å². The number of nitrogens with one attached hydrogen (secondary N) is 1. The van der Waals surface area contributed by atoms with Crippen LogP contribution in [0.25, 0.3) is 22.3 Å². The molecule has 2 aromatic heterocycles. The van der Waals surface area contributed by atoms with Gasteiger partial charge in [0.05, 0.1) is 7.11 Å². The number of nitrogens with zero attached hydrogens (tertiary/aromatic N) is 2. The number of thiazole rings is 1. The molecule has 2 heterocycles. The van der Waals surface area contributed by atoms with Gasteiger partial charge in [-0.05, 0) is 48.0 Å². The molecule has 5 nitrogen and oxygen atoms in total. The monoisotopic (exact) mass is 411 g/mol. The van der Waals surface area contributed by atoms with Gasteiger partial charge in [-0.15, -0.1) is 11.3 Å². The third-order valence-electron chi connectivity index (χ3n) is 4.22. The highest BCUT2D eigenvalue weighted by atomic mass is 32.1. The lowest BCUT2D eigenvalue weighted by Crippen LogP contribution is -2.10. The Hall–Kier alpha value is -3.52. The first-order chi connectivity index (χ1) is 14.0. The summed E-state index contributed by atoms with van der Waals surface area (Å²) in [7, 11) is 1.39. The maximum absolute atomic E-state index is 13.8. The second-order valence-electron chi connectivity index (χ2n) is 6.09. The van der Waals surface area contributed by atoms with Crippen LogP contribution in [0.1, 0.15) is 5.56 Å². The maximum Gasteiger partial charge on any atom is 0.249 e. The summed E-state index contributed by atoms with van der Waals surface area (Å²) in [4.78, 5) is 17.7. The number of rotatable bonds is 5. The van der Waals surface area contributed by atoms with Crippen LogP contribution in [0.4, 0.5) is 14.6 Å². The number of carbonyl (C=O) groups excluding carboxylic acids is 1. The first kappa shape index (κ1) is 18.8. The van der Waals surface area contributed by atoms with Gasteiger partial charge < -0.3 is 10.1 Å². The number of methoxy groups -OCH3 is 1. The zero-order chi connectivity index (χ0) is 20.4. The van der Waals surface area contributed by atoms with Gasteiger partial charge in [-0.25, -0.2) is 13.8 Å². The van der Waals surface area contributed by atoms with Gasteiger partial charge in [0.2, 0.25) is 5.91 Å².